The summed E-state index contributed by atoms with van der Waals surface area (Å²) >= 11 is 0. The highest BCUT2D eigenvalue weighted by Gasteiger charge is 2.37. The minimum absolute atomic E-state index is 0.0197. The Hall–Kier alpha value is -4.31. The molecular formula is C25H26FN9O2S. The first-order valence-corrected chi connectivity index (χ1v) is 13.5. The molecule has 0 spiro atoms. The largest absolute Gasteiger partial charge is 0.397 e. The fourth-order valence-electron chi connectivity index (χ4n) is 3.87. The van der Waals surface area contributed by atoms with E-state index in [0.717, 1.165) is 9.65 Å². The summed E-state index contributed by atoms with van der Waals surface area (Å²) in [5.74, 6) is 7.35. The van der Waals surface area contributed by atoms with Gasteiger partial charge in [0.05, 0.1) is 52.8 Å². The fraction of sp³-hybridized carbons (Fsp3) is 0.320. The standard InChI is InChI=1S/C25H26FN9O2S/c1-16(2)22-23(27)18(4-3-17-11-30-34(14-17)10-8-26)12-29-25(22)33-21-7-9-28-24(32-21)19-13-31-35(15-19)38(36,37)20-5-6-20/h7,9,11-16,20H,5-6,8,10H2,1-2H3,(H3,27,28,29,32,33). The molecule has 0 aromatic carbocycles. The number of nitrogens with zero attached hydrogens (tertiary/aromatic N) is 7. The van der Waals surface area contributed by atoms with Crippen LogP contribution in [0.2, 0.25) is 0 Å². The first kappa shape index (κ1) is 25.3. The molecule has 0 atom stereocenters. The molecular weight excluding hydrogens is 509 g/mol. The van der Waals surface area contributed by atoms with Crippen molar-refractivity contribution in [3.63, 3.8) is 0 Å². The normalized spacial score (nSPS) is 13.4. The monoisotopic (exact) mass is 535 g/mol. The lowest BCUT2D eigenvalue weighted by Gasteiger charge is -2.17. The zero-order valence-electron chi connectivity index (χ0n) is 20.8. The maximum absolute atomic E-state index is 12.5. The summed E-state index contributed by atoms with van der Waals surface area (Å²) in [6.45, 7) is 3.67. The van der Waals surface area contributed by atoms with E-state index < -0.39 is 16.7 Å². The van der Waals surface area contributed by atoms with Crippen molar-refractivity contribution in [3.05, 3.63) is 59.9 Å². The molecule has 0 amide bonds. The molecule has 4 heterocycles. The second-order valence-corrected chi connectivity index (χ2v) is 11.2. The Bertz CT molecular complexity index is 1650. The number of nitrogens with two attached hydrogens (primary N) is 1. The minimum Gasteiger partial charge on any atom is -0.397 e. The summed E-state index contributed by atoms with van der Waals surface area (Å²) in [4.78, 5) is 13.3. The summed E-state index contributed by atoms with van der Waals surface area (Å²) in [7, 11) is -3.48. The lowest BCUT2D eigenvalue weighted by Crippen LogP contribution is -2.17. The van der Waals surface area contributed by atoms with Crippen LogP contribution < -0.4 is 11.1 Å². The number of halogens is 1. The molecule has 0 bridgehead atoms. The van der Waals surface area contributed by atoms with Gasteiger partial charge in [-0.25, -0.2) is 27.8 Å². The Morgan fingerprint density at radius 1 is 1.16 bits per heavy atom. The maximum atomic E-state index is 12.5. The van der Waals surface area contributed by atoms with Crippen molar-refractivity contribution in [1.82, 2.24) is 33.9 Å². The molecule has 13 heteroatoms. The smallest absolute Gasteiger partial charge is 0.256 e. The van der Waals surface area contributed by atoms with Gasteiger partial charge in [-0.2, -0.15) is 14.3 Å². The predicted octanol–water partition coefficient (Wildman–Crippen LogP) is 3.09. The zero-order valence-corrected chi connectivity index (χ0v) is 21.7. The molecule has 0 unspecified atom stereocenters. The van der Waals surface area contributed by atoms with Gasteiger partial charge in [-0.15, -0.1) is 0 Å². The van der Waals surface area contributed by atoms with Crippen LogP contribution in [0, 0.1) is 11.8 Å². The van der Waals surface area contributed by atoms with Crippen molar-refractivity contribution < 1.29 is 12.8 Å². The molecule has 1 aliphatic rings. The van der Waals surface area contributed by atoms with Crippen molar-refractivity contribution in [1.29, 1.82) is 0 Å². The van der Waals surface area contributed by atoms with Crippen LogP contribution in [0.4, 0.5) is 21.7 Å². The topological polar surface area (TPSA) is 146 Å². The summed E-state index contributed by atoms with van der Waals surface area (Å²) in [5, 5.41) is 10.9. The highest BCUT2D eigenvalue weighted by atomic mass is 32.2. The van der Waals surface area contributed by atoms with Crippen LogP contribution in [0.3, 0.4) is 0 Å². The molecule has 38 heavy (non-hydrogen) atoms. The van der Waals surface area contributed by atoms with Crippen LogP contribution in [0.5, 0.6) is 0 Å². The van der Waals surface area contributed by atoms with Gasteiger partial charge >= 0.3 is 0 Å². The number of rotatable bonds is 8. The first-order valence-electron chi connectivity index (χ1n) is 12.0. The number of aromatic nitrogens is 7. The van der Waals surface area contributed by atoms with Gasteiger partial charge in [0.1, 0.15) is 18.3 Å². The van der Waals surface area contributed by atoms with E-state index in [1.165, 1.54) is 17.1 Å². The van der Waals surface area contributed by atoms with Gasteiger partial charge in [-0.05, 0) is 24.8 Å². The highest BCUT2D eigenvalue weighted by molar-refractivity contribution is 7.90. The quantitative estimate of drug-likeness (QED) is 0.325. The van der Waals surface area contributed by atoms with E-state index in [2.05, 4.69) is 42.3 Å². The Morgan fingerprint density at radius 2 is 1.97 bits per heavy atom. The second-order valence-electron chi connectivity index (χ2n) is 9.17. The van der Waals surface area contributed by atoms with Gasteiger partial charge < -0.3 is 11.1 Å². The first-order chi connectivity index (χ1) is 18.3. The SMILES string of the molecule is CC(C)c1c(Nc2ccnc(-c3cnn(S(=O)(=O)C4CC4)c3)n2)ncc(C#Cc2cnn(CCF)c2)c1N. The molecule has 4 aromatic heterocycles. The number of alkyl halides is 1. The van der Waals surface area contributed by atoms with Gasteiger partial charge in [0.2, 0.25) is 0 Å². The van der Waals surface area contributed by atoms with Crippen LogP contribution >= 0.6 is 0 Å². The lowest BCUT2D eigenvalue weighted by atomic mass is 9.99. The molecule has 1 aliphatic carbocycles. The molecule has 0 saturated heterocycles. The number of anilines is 3. The van der Waals surface area contributed by atoms with Crippen molar-refractivity contribution in [2.45, 2.75) is 44.4 Å². The van der Waals surface area contributed by atoms with Gasteiger partial charge in [-0.3, -0.25) is 4.68 Å². The van der Waals surface area contributed by atoms with Crippen LogP contribution in [0.25, 0.3) is 11.4 Å². The maximum Gasteiger partial charge on any atom is 0.256 e. The van der Waals surface area contributed by atoms with E-state index in [1.54, 1.807) is 30.9 Å². The van der Waals surface area contributed by atoms with E-state index >= 15 is 0 Å². The molecule has 1 fully saturated rings. The van der Waals surface area contributed by atoms with E-state index in [-0.39, 0.29) is 17.7 Å². The van der Waals surface area contributed by atoms with Crippen molar-refractivity contribution in [3.8, 4) is 23.2 Å². The third-order valence-corrected chi connectivity index (χ3v) is 7.99. The average molecular weight is 536 g/mol. The Balaban J connectivity index is 1.40. The van der Waals surface area contributed by atoms with E-state index in [1.807, 2.05) is 13.8 Å². The lowest BCUT2D eigenvalue weighted by molar-refractivity contribution is 0.427. The molecule has 1 saturated carbocycles. The van der Waals surface area contributed by atoms with Crippen LogP contribution in [-0.4, -0.2) is 54.3 Å². The number of nitrogens with one attached hydrogen (secondary N) is 1. The molecule has 5 rings (SSSR count). The van der Waals surface area contributed by atoms with Gasteiger partial charge in [0, 0.05) is 24.2 Å². The van der Waals surface area contributed by atoms with Crippen molar-refractivity contribution in [2.75, 3.05) is 17.7 Å². The number of pyridine rings is 1. The Morgan fingerprint density at radius 3 is 2.71 bits per heavy atom. The van der Waals surface area contributed by atoms with Gasteiger partial charge in [-0.1, -0.05) is 25.7 Å². The summed E-state index contributed by atoms with van der Waals surface area (Å²) in [6.07, 6.45) is 10.6. The Kier molecular flexibility index (Phi) is 6.81. The summed E-state index contributed by atoms with van der Waals surface area (Å²) < 4.78 is 39.9. The molecule has 0 radical (unpaired) electrons. The third-order valence-electron chi connectivity index (χ3n) is 5.95. The molecule has 3 N–H and O–H groups in total. The minimum atomic E-state index is -3.48. The van der Waals surface area contributed by atoms with Gasteiger partial charge in [0.15, 0.2) is 5.82 Å². The molecule has 11 nitrogen and oxygen atoms in total. The van der Waals surface area contributed by atoms with Crippen LogP contribution in [0.15, 0.2) is 43.2 Å². The van der Waals surface area contributed by atoms with E-state index in [0.29, 0.717) is 52.7 Å². The summed E-state index contributed by atoms with van der Waals surface area (Å²) in [5.41, 5.74) is 9.44. The third kappa shape index (κ3) is 5.21. The highest BCUT2D eigenvalue weighted by Crippen LogP contribution is 2.33. The van der Waals surface area contributed by atoms with Crippen LogP contribution in [-0.2, 0) is 16.6 Å². The van der Waals surface area contributed by atoms with Gasteiger partial charge in [0.25, 0.3) is 10.0 Å². The molecule has 0 aliphatic heterocycles. The second kappa shape index (κ2) is 10.2. The fourth-order valence-corrected chi connectivity index (χ4v) is 5.34. The summed E-state index contributed by atoms with van der Waals surface area (Å²) in [6, 6.07) is 1.68. The zero-order chi connectivity index (χ0) is 26.9. The number of hydrogen-bond acceptors (Lipinski definition) is 9. The van der Waals surface area contributed by atoms with E-state index in [9.17, 15) is 12.8 Å². The van der Waals surface area contributed by atoms with E-state index in [4.69, 9.17) is 5.73 Å². The number of nitrogen functional groups attached to an aromatic ring is 1. The Labute approximate surface area is 219 Å². The average Bonchev–Trinajstić information content (AvgIpc) is 3.46. The van der Waals surface area contributed by atoms with Crippen LogP contribution in [0.1, 0.15) is 49.3 Å². The van der Waals surface area contributed by atoms with Crippen molar-refractivity contribution >= 4 is 27.3 Å². The number of hydrogen-bond donors (Lipinski definition) is 2. The molecule has 4 aromatic rings. The predicted molar refractivity (Wildman–Crippen MR) is 141 cm³/mol. The number of aryl methyl sites for hydroxylation is 1. The molecule has 196 valence electrons. The van der Waals surface area contributed by atoms with Crippen molar-refractivity contribution in [2.24, 2.45) is 0 Å².